The van der Waals surface area contributed by atoms with Gasteiger partial charge in [0, 0.05) is 24.3 Å². The molecule has 158 valence electrons. The van der Waals surface area contributed by atoms with Crippen molar-refractivity contribution in [1.82, 2.24) is 14.7 Å². The van der Waals surface area contributed by atoms with Crippen molar-refractivity contribution in [2.75, 3.05) is 19.7 Å². The summed E-state index contributed by atoms with van der Waals surface area (Å²) in [5, 5.41) is 16.4. The van der Waals surface area contributed by atoms with Gasteiger partial charge in [-0.25, -0.2) is 0 Å². The van der Waals surface area contributed by atoms with E-state index in [0.717, 1.165) is 17.5 Å². The van der Waals surface area contributed by atoms with Crippen molar-refractivity contribution >= 4 is 29.1 Å². The Labute approximate surface area is 181 Å². The van der Waals surface area contributed by atoms with Gasteiger partial charge in [0.15, 0.2) is 5.69 Å². The van der Waals surface area contributed by atoms with E-state index in [1.54, 1.807) is 15.8 Å². The van der Waals surface area contributed by atoms with E-state index in [9.17, 15) is 9.90 Å². The van der Waals surface area contributed by atoms with Gasteiger partial charge in [0.05, 0.1) is 11.6 Å². The molecule has 2 heterocycles. The number of carbonyl (C=O) groups excluding carboxylic acids is 1. The van der Waals surface area contributed by atoms with Crippen LogP contribution in [0.4, 0.5) is 0 Å². The summed E-state index contributed by atoms with van der Waals surface area (Å²) >= 11 is 12.4. The number of hydrogen-bond donors (Lipinski definition) is 1. The maximum Gasteiger partial charge on any atom is 0.276 e. The minimum absolute atomic E-state index is 0.0926. The van der Waals surface area contributed by atoms with E-state index in [1.165, 1.54) is 0 Å². The summed E-state index contributed by atoms with van der Waals surface area (Å²) in [5.41, 5.74) is 0.945. The number of rotatable bonds is 6. The fourth-order valence-corrected chi connectivity index (χ4v) is 3.99. The fourth-order valence-electron chi connectivity index (χ4n) is 3.65. The SMILES string of the molecule is CCCn1cc(Cl)c(C(=O)N2CCCC(O)(COc3cc(C)c(Cl)c(C)c3)C2)n1. The number of aliphatic hydroxyl groups is 1. The molecular formula is C21H27Cl2N3O3. The van der Waals surface area contributed by atoms with E-state index in [0.29, 0.717) is 41.7 Å². The maximum absolute atomic E-state index is 12.9. The van der Waals surface area contributed by atoms with Gasteiger partial charge in [-0.2, -0.15) is 5.10 Å². The van der Waals surface area contributed by atoms with Gasteiger partial charge in [-0.05, 0) is 56.4 Å². The Hall–Kier alpha value is -1.76. The van der Waals surface area contributed by atoms with Gasteiger partial charge in [0.2, 0.25) is 0 Å². The highest BCUT2D eigenvalue weighted by Gasteiger charge is 2.37. The molecule has 3 rings (SSSR count). The minimum Gasteiger partial charge on any atom is -0.491 e. The topological polar surface area (TPSA) is 67.6 Å². The Morgan fingerprint density at radius 1 is 1.31 bits per heavy atom. The number of carbonyl (C=O) groups is 1. The molecule has 1 amide bonds. The third-order valence-electron chi connectivity index (χ3n) is 5.13. The maximum atomic E-state index is 12.9. The van der Waals surface area contributed by atoms with Crippen LogP contribution in [-0.4, -0.2) is 51.0 Å². The van der Waals surface area contributed by atoms with Gasteiger partial charge < -0.3 is 14.7 Å². The molecule has 1 N–H and O–H groups in total. The number of aryl methyl sites for hydroxylation is 3. The Morgan fingerprint density at radius 3 is 2.66 bits per heavy atom. The molecule has 0 aliphatic carbocycles. The number of ether oxygens (including phenoxy) is 1. The second-order valence-electron chi connectivity index (χ2n) is 7.80. The van der Waals surface area contributed by atoms with E-state index < -0.39 is 5.60 Å². The number of likely N-dealkylation sites (tertiary alicyclic amines) is 1. The van der Waals surface area contributed by atoms with Crippen molar-refractivity contribution in [3.8, 4) is 5.75 Å². The third-order valence-corrected chi connectivity index (χ3v) is 6.01. The van der Waals surface area contributed by atoms with E-state index in [1.807, 2.05) is 32.9 Å². The van der Waals surface area contributed by atoms with Crippen LogP contribution in [0.5, 0.6) is 5.75 Å². The lowest BCUT2D eigenvalue weighted by Crippen LogP contribution is -2.53. The summed E-state index contributed by atoms with van der Waals surface area (Å²) in [6.07, 6.45) is 3.80. The Morgan fingerprint density at radius 2 is 2.00 bits per heavy atom. The van der Waals surface area contributed by atoms with Crippen LogP contribution >= 0.6 is 23.2 Å². The monoisotopic (exact) mass is 439 g/mol. The molecule has 2 aromatic rings. The van der Waals surface area contributed by atoms with Crippen LogP contribution in [0, 0.1) is 13.8 Å². The number of β-amino-alcohol motifs (C(OH)–C–C–N with tert-alkyl or cyclic N) is 1. The normalized spacial score (nSPS) is 19.4. The van der Waals surface area contributed by atoms with Crippen LogP contribution in [0.3, 0.4) is 0 Å². The van der Waals surface area contributed by atoms with Crippen molar-refractivity contribution in [3.63, 3.8) is 0 Å². The van der Waals surface area contributed by atoms with E-state index in [-0.39, 0.29) is 24.8 Å². The molecule has 0 bridgehead atoms. The van der Waals surface area contributed by atoms with Crippen LogP contribution in [0.15, 0.2) is 18.3 Å². The van der Waals surface area contributed by atoms with Crippen LogP contribution in [-0.2, 0) is 6.54 Å². The molecule has 1 aliphatic rings. The quantitative estimate of drug-likeness (QED) is 0.729. The highest BCUT2D eigenvalue weighted by atomic mass is 35.5. The van der Waals surface area contributed by atoms with Gasteiger partial charge in [0.1, 0.15) is 18.0 Å². The average Bonchev–Trinajstić information content (AvgIpc) is 3.04. The predicted molar refractivity (Wildman–Crippen MR) is 114 cm³/mol. The average molecular weight is 440 g/mol. The number of nitrogens with zero attached hydrogens (tertiary/aromatic N) is 3. The second kappa shape index (κ2) is 8.94. The minimum atomic E-state index is -1.13. The molecule has 1 aromatic heterocycles. The van der Waals surface area contributed by atoms with Crippen LogP contribution in [0.1, 0.15) is 47.8 Å². The van der Waals surface area contributed by atoms with Crippen molar-refractivity contribution in [2.24, 2.45) is 0 Å². The summed E-state index contributed by atoms with van der Waals surface area (Å²) in [7, 11) is 0. The van der Waals surface area contributed by atoms with Crippen molar-refractivity contribution < 1.29 is 14.6 Å². The second-order valence-corrected chi connectivity index (χ2v) is 8.59. The van der Waals surface area contributed by atoms with Gasteiger partial charge in [0.25, 0.3) is 5.91 Å². The molecular weight excluding hydrogens is 413 g/mol. The van der Waals surface area contributed by atoms with Gasteiger partial charge in [-0.1, -0.05) is 30.1 Å². The fraction of sp³-hybridized carbons (Fsp3) is 0.524. The molecule has 0 radical (unpaired) electrons. The molecule has 8 heteroatoms. The zero-order valence-corrected chi connectivity index (χ0v) is 18.6. The Balaban J connectivity index is 1.68. The zero-order valence-electron chi connectivity index (χ0n) is 17.0. The standard InChI is InChI=1S/C21H27Cl2N3O3/c1-4-7-26-11-17(22)19(24-26)20(27)25-8-5-6-21(28,12-25)13-29-16-9-14(2)18(23)15(3)10-16/h9-11,28H,4-8,12-13H2,1-3H3. The lowest BCUT2D eigenvalue weighted by molar-refractivity contribution is -0.0533. The number of piperidine rings is 1. The van der Waals surface area contributed by atoms with Gasteiger partial charge >= 0.3 is 0 Å². The molecule has 6 nitrogen and oxygen atoms in total. The van der Waals surface area contributed by atoms with E-state index in [2.05, 4.69) is 5.10 Å². The number of aromatic nitrogens is 2. The lowest BCUT2D eigenvalue weighted by Gasteiger charge is -2.38. The summed E-state index contributed by atoms with van der Waals surface area (Å²) in [5.74, 6) is 0.392. The zero-order chi connectivity index (χ0) is 21.2. The molecule has 1 aromatic carbocycles. The molecule has 29 heavy (non-hydrogen) atoms. The highest BCUT2D eigenvalue weighted by molar-refractivity contribution is 6.33. The van der Waals surface area contributed by atoms with Crippen LogP contribution in [0.25, 0.3) is 0 Å². The Bertz CT molecular complexity index is 876. The van der Waals surface area contributed by atoms with Crippen molar-refractivity contribution in [1.29, 1.82) is 0 Å². The van der Waals surface area contributed by atoms with Crippen molar-refractivity contribution in [3.05, 3.63) is 45.2 Å². The first-order valence-electron chi connectivity index (χ1n) is 9.86. The Kier molecular flexibility index (Phi) is 6.76. The smallest absolute Gasteiger partial charge is 0.276 e. The largest absolute Gasteiger partial charge is 0.491 e. The molecule has 1 fully saturated rings. The molecule has 0 saturated carbocycles. The molecule has 1 saturated heterocycles. The predicted octanol–water partition coefficient (Wildman–Crippen LogP) is 4.26. The van der Waals surface area contributed by atoms with Crippen LogP contribution in [0.2, 0.25) is 10.0 Å². The number of benzene rings is 1. The first-order valence-corrected chi connectivity index (χ1v) is 10.6. The van der Waals surface area contributed by atoms with Gasteiger partial charge in [-0.15, -0.1) is 0 Å². The summed E-state index contributed by atoms with van der Waals surface area (Å²) in [6, 6.07) is 3.70. The van der Waals surface area contributed by atoms with Gasteiger partial charge in [-0.3, -0.25) is 9.48 Å². The first kappa shape index (κ1) is 21.9. The number of hydrogen-bond acceptors (Lipinski definition) is 4. The van der Waals surface area contributed by atoms with Crippen molar-refractivity contribution in [2.45, 2.75) is 52.2 Å². The van der Waals surface area contributed by atoms with E-state index >= 15 is 0 Å². The number of halogens is 2. The summed E-state index contributed by atoms with van der Waals surface area (Å²) < 4.78 is 7.55. The lowest BCUT2D eigenvalue weighted by atomic mass is 9.93. The molecule has 1 unspecified atom stereocenters. The molecule has 1 atom stereocenters. The summed E-state index contributed by atoms with van der Waals surface area (Å²) in [6.45, 7) is 7.38. The summed E-state index contributed by atoms with van der Waals surface area (Å²) in [4.78, 5) is 14.5. The first-order chi connectivity index (χ1) is 13.7. The third kappa shape index (κ3) is 5.05. The van der Waals surface area contributed by atoms with Crippen LogP contribution < -0.4 is 4.74 Å². The molecule has 0 spiro atoms. The molecule has 1 aliphatic heterocycles. The van der Waals surface area contributed by atoms with E-state index in [4.69, 9.17) is 27.9 Å². The highest BCUT2D eigenvalue weighted by Crippen LogP contribution is 2.29. The number of amides is 1.